The first kappa shape index (κ1) is 16.3. The highest BCUT2D eigenvalue weighted by Gasteiger charge is 2.19. The lowest BCUT2D eigenvalue weighted by Gasteiger charge is -2.11. The fraction of sp³-hybridized carbons (Fsp3) is 0.188. The van der Waals surface area contributed by atoms with Crippen molar-refractivity contribution in [1.82, 2.24) is 14.7 Å². The minimum atomic E-state index is -3.73. The maximum Gasteiger partial charge on any atom is 0.323 e. The number of benzene rings is 2. The summed E-state index contributed by atoms with van der Waals surface area (Å²) >= 11 is 0. The van der Waals surface area contributed by atoms with Gasteiger partial charge in [-0.25, -0.2) is 17.9 Å². The Balaban J connectivity index is 1.86. The molecule has 1 aromatic heterocycles. The van der Waals surface area contributed by atoms with Gasteiger partial charge in [0.15, 0.2) is 0 Å². The molecule has 0 atom stereocenters. The number of H-pyrrole nitrogens is 2. The van der Waals surface area contributed by atoms with Crippen LogP contribution in [0.4, 0.5) is 0 Å². The van der Waals surface area contributed by atoms with E-state index in [-0.39, 0.29) is 17.1 Å². The number of aromatic nitrogens is 2. The van der Waals surface area contributed by atoms with E-state index in [1.54, 1.807) is 36.4 Å². The molecular formula is C16H17N3O4S. The maximum absolute atomic E-state index is 12.6. The van der Waals surface area contributed by atoms with Crippen molar-refractivity contribution < 1.29 is 13.2 Å². The summed E-state index contributed by atoms with van der Waals surface area (Å²) in [6.07, 6.45) is 0. The van der Waals surface area contributed by atoms with E-state index >= 15 is 0 Å². The van der Waals surface area contributed by atoms with Crippen molar-refractivity contribution in [2.24, 2.45) is 0 Å². The summed E-state index contributed by atoms with van der Waals surface area (Å²) in [7, 11) is -2.30. The van der Waals surface area contributed by atoms with Gasteiger partial charge in [0.05, 0.1) is 18.1 Å². The molecule has 0 saturated carbocycles. The third kappa shape index (κ3) is 3.19. The second-order valence-electron chi connectivity index (χ2n) is 5.44. The number of hydrogen-bond donors (Lipinski definition) is 3. The van der Waals surface area contributed by atoms with Gasteiger partial charge in [0.25, 0.3) is 0 Å². The highest BCUT2D eigenvalue weighted by Crippen LogP contribution is 2.24. The molecule has 8 heteroatoms. The highest BCUT2D eigenvalue weighted by atomic mass is 32.2. The molecule has 7 nitrogen and oxygen atoms in total. The first-order valence-electron chi connectivity index (χ1n) is 7.24. The molecule has 126 valence electrons. The zero-order valence-electron chi connectivity index (χ0n) is 13.2. The Morgan fingerprint density at radius 3 is 2.58 bits per heavy atom. The lowest BCUT2D eigenvalue weighted by atomic mass is 10.2. The summed E-state index contributed by atoms with van der Waals surface area (Å²) < 4.78 is 32.8. The number of rotatable bonds is 5. The third-order valence-electron chi connectivity index (χ3n) is 3.66. The molecule has 0 aliphatic rings. The molecule has 0 aliphatic heterocycles. The molecule has 2 aromatic carbocycles. The highest BCUT2D eigenvalue weighted by molar-refractivity contribution is 7.89. The number of hydrogen-bond acceptors (Lipinski definition) is 4. The monoisotopic (exact) mass is 347 g/mol. The summed E-state index contributed by atoms with van der Waals surface area (Å²) in [5.74, 6) is 0.290. The Morgan fingerprint density at radius 1 is 1.08 bits per heavy atom. The first-order valence-corrected chi connectivity index (χ1v) is 8.72. The molecule has 0 bridgehead atoms. The number of ether oxygens (including phenoxy) is 1. The Morgan fingerprint density at radius 2 is 1.83 bits per heavy atom. The Hall–Kier alpha value is -2.58. The van der Waals surface area contributed by atoms with Crippen molar-refractivity contribution in [3.05, 3.63) is 58.0 Å². The SMILES string of the molecule is COc1ccc(C)cc1S(=O)(=O)NCc1ccc2[nH]c(=O)[nH]c2c1. The van der Waals surface area contributed by atoms with Crippen LogP contribution in [-0.4, -0.2) is 25.5 Å². The van der Waals surface area contributed by atoms with Crippen LogP contribution >= 0.6 is 0 Å². The van der Waals surface area contributed by atoms with E-state index in [1.165, 1.54) is 7.11 Å². The number of nitrogens with one attached hydrogen (secondary N) is 3. The maximum atomic E-state index is 12.6. The topological polar surface area (TPSA) is 104 Å². The van der Waals surface area contributed by atoms with Crippen molar-refractivity contribution in [2.75, 3.05) is 7.11 Å². The average Bonchev–Trinajstić information content (AvgIpc) is 2.92. The summed E-state index contributed by atoms with van der Waals surface area (Å²) in [6, 6.07) is 10.2. The van der Waals surface area contributed by atoms with E-state index in [0.29, 0.717) is 16.8 Å². The zero-order chi connectivity index (χ0) is 17.3. The molecule has 0 spiro atoms. The number of fused-ring (bicyclic) bond motifs is 1. The Bertz CT molecular complexity index is 1050. The number of imidazole rings is 1. The van der Waals surface area contributed by atoms with Gasteiger partial charge in [-0.2, -0.15) is 0 Å². The Kier molecular flexibility index (Phi) is 4.16. The summed E-state index contributed by atoms with van der Waals surface area (Å²) in [4.78, 5) is 16.7. The minimum Gasteiger partial charge on any atom is -0.495 e. The fourth-order valence-corrected chi connectivity index (χ4v) is 3.71. The first-order chi connectivity index (χ1) is 11.4. The summed E-state index contributed by atoms with van der Waals surface area (Å²) in [5, 5.41) is 0. The van der Waals surface area contributed by atoms with E-state index in [9.17, 15) is 13.2 Å². The van der Waals surface area contributed by atoms with E-state index in [2.05, 4.69) is 14.7 Å². The van der Waals surface area contributed by atoms with Crippen molar-refractivity contribution in [3.8, 4) is 5.75 Å². The molecule has 0 amide bonds. The van der Waals surface area contributed by atoms with E-state index < -0.39 is 10.0 Å². The van der Waals surface area contributed by atoms with E-state index in [4.69, 9.17) is 4.74 Å². The lowest BCUT2D eigenvalue weighted by molar-refractivity contribution is 0.402. The zero-order valence-corrected chi connectivity index (χ0v) is 14.0. The lowest BCUT2D eigenvalue weighted by Crippen LogP contribution is -2.23. The van der Waals surface area contributed by atoms with Crippen LogP contribution < -0.4 is 15.1 Å². The standard InChI is InChI=1S/C16H17N3O4S/c1-10-3-6-14(23-2)15(7-10)24(21,22)17-9-11-4-5-12-13(8-11)19-16(20)18-12/h3-8,17H,9H2,1-2H3,(H2,18,19,20). The van der Waals surface area contributed by atoms with Crippen molar-refractivity contribution >= 4 is 21.1 Å². The van der Waals surface area contributed by atoms with Gasteiger partial charge in [0.2, 0.25) is 10.0 Å². The van der Waals surface area contributed by atoms with Gasteiger partial charge in [-0.3, -0.25) is 0 Å². The Labute approximate surface area is 138 Å². The van der Waals surface area contributed by atoms with Crippen LogP contribution in [0.15, 0.2) is 46.1 Å². The van der Waals surface area contributed by atoms with Crippen LogP contribution in [0.5, 0.6) is 5.75 Å². The number of methoxy groups -OCH3 is 1. The quantitative estimate of drug-likeness (QED) is 0.653. The molecule has 3 N–H and O–H groups in total. The molecule has 24 heavy (non-hydrogen) atoms. The van der Waals surface area contributed by atoms with Crippen LogP contribution in [0.2, 0.25) is 0 Å². The number of aryl methyl sites for hydroxylation is 1. The normalized spacial score (nSPS) is 11.8. The van der Waals surface area contributed by atoms with Crippen LogP contribution in [0.25, 0.3) is 11.0 Å². The molecule has 1 heterocycles. The van der Waals surface area contributed by atoms with Crippen molar-refractivity contribution in [1.29, 1.82) is 0 Å². The van der Waals surface area contributed by atoms with Crippen LogP contribution in [0, 0.1) is 6.92 Å². The van der Waals surface area contributed by atoms with Gasteiger partial charge >= 0.3 is 5.69 Å². The number of aromatic amines is 2. The molecule has 3 aromatic rings. The molecule has 0 fully saturated rings. The van der Waals surface area contributed by atoms with Crippen molar-refractivity contribution in [3.63, 3.8) is 0 Å². The van der Waals surface area contributed by atoms with Gasteiger partial charge in [-0.15, -0.1) is 0 Å². The van der Waals surface area contributed by atoms with Gasteiger partial charge in [0.1, 0.15) is 10.6 Å². The van der Waals surface area contributed by atoms with Gasteiger partial charge < -0.3 is 14.7 Å². The fourth-order valence-electron chi connectivity index (χ4n) is 2.44. The predicted molar refractivity (Wildman–Crippen MR) is 90.7 cm³/mol. The van der Waals surface area contributed by atoms with Gasteiger partial charge in [0, 0.05) is 6.54 Å². The predicted octanol–water partition coefficient (Wildman–Crippen LogP) is 1.65. The minimum absolute atomic E-state index is 0.0983. The molecule has 0 aliphatic carbocycles. The second kappa shape index (κ2) is 6.14. The van der Waals surface area contributed by atoms with Crippen LogP contribution in [0.1, 0.15) is 11.1 Å². The largest absolute Gasteiger partial charge is 0.495 e. The van der Waals surface area contributed by atoms with Crippen LogP contribution in [-0.2, 0) is 16.6 Å². The van der Waals surface area contributed by atoms with Gasteiger partial charge in [-0.1, -0.05) is 12.1 Å². The summed E-state index contributed by atoms with van der Waals surface area (Å²) in [6.45, 7) is 1.91. The van der Waals surface area contributed by atoms with Crippen LogP contribution in [0.3, 0.4) is 0 Å². The van der Waals surface area contributed by atoms with Gasteiger partial charge in [-0.05, 0) is 42.3 Å². The average molecular weight is 347 g/mol. The van der Waals surface area contributed by atoms with E-state index in [1.807, 2.05) is 6.92 Å². The molecular weight excluding hydrogens is 330 g/mol. The second-order valence-corrected chi connectivity index (χ2v) is 7.17. The summed E-state index contributed by atoms with van der Waals surface area (Å²) in [5.41, 5.74) is 2.56. The number of sulfonamides is 1. The molecule has 0 radical (unpaired) electrons. The van der Waals surface area contributed by atoms with E-state index in [0.717, 1.165) is 11.1 Å². The molecule has 0 unspecified atom stereocenters. The smallest absolute Gasteiger partial charge is 0.323 e. The molecule has 3 rings (SSSR count). The van der Waals surface area contributed by atoms with Crippen molar-refractivity contribution in [2.45, 2.75) is 18.4 Å². The molecule has 0 saturated heterocycles. The third-order valence-corrected chi connectivity index (χ3v) is 5.08.